The number of rotatable bonds is 6. The number of aryl methyl sites for hydroxylation is 1. The second-order valence-corrected chi connectivity index (χ2v) is 4.60. The maximum atomic E-state index is 13.5. The van der Waals surface area contributed by atoms with Crippen LogP contribution in [0.1, 0.15) is 17.2 Å². The van der Waals surface area contributed by atoms with Crippen molar-refractivity contribution in [2.75, 3.05) is 27.2 Å². The molecule has 0 bridgehead atoms. The van der Waals surface area contributed by atoms with Crippen LogP contribution in [-0.4, -0.2) is 38.0 Å². The molecule has 1 atom stereocenters. The molecule has 0 heterocycles. The fourth-order valence-corrected chi connectivity index (χ4v) is 1.60. The molecule has 0 spiro atoms. The van der Waals surface area contributed by atoms with Crippen molar-refractivity contribution in [1.82, 2.24) is 10.2 Å². The number of carbonyl (C=O) groups excluding carboxylic acids is 1. The number of carbonyl (C=O) groups is 1. The van der Waals surface area contributed by atoms with Crippen molar-refractivity contribution in [2.45, 2.75) is 13.0 Å². The first-order valence-electron chi connectivity index (χ1n) is 5.85. The molecule has 0 saturated carbocycles. The third kappa shape index (κ3) is 4.09. The molecule has 1 amide bonds. The molecule has 0 saturated heterocycles. The Labute approximate surface area is 107 Å². The van der Waals surface area contributed by atoms with Crippen molar-refractivity contribution in [2.24, 2.45) is 5.73 Å². The zero-order valence-corrected chi connectivity index (χ0v) is 11.0. The van der Waals surface area contributed by atoms with Crippen LogP contribution in [-0.2, 0) is 4.79 Å². The lowest BCUT2D eigenvalue weighted by Gasteiger charge is -2.18. The zero-order valence-electron chi connectivity index (χ0n) is 11.0. The van der Waals surface area contributed by atoms with Gasteiger partial charge in [0, 0.05) is 13.1 Å². The summed E-state index contributed by atoms with van der Waals surface area (Å²) in [5, 5.41) is 3.03. The monoisotopic (exact) mass is 253 g/mol. The Hall–Kier alpha value is -1.46. The maximum absolute atomic E-state index is 13.5. The molecule has 1 aromatic carbocycles. The van der Waals surface area contributed by atoms with Gasteiger partial charge in [-0.3, -0.25) is 4.79 Å². The van der Waals surface area contributed by atoms with Crippen LogP contribution < -0.4 is 11.1 Å². The van der Waals surface area contributed by atoms with E-state index in [0.29, 0.717) is 17.7 Å². The van der Waals surface area contributed by atoms with E-state index < -0.39 is 11.9 Å². The number of halogens is 1. The highest BCUT2D eigenvalue weighted by molar-refractivity contribution is 5.81. The van der Waals surface area contributed by atoms with E-state index in [9.17, 15) is 9.18 Å². The van der Waals surface area contributed by atoms with Gasteiger partial charge in [0.15, 0.2) is 0 Å². The van der Waals surface area contributed by atoms with Gasteiger partial charge in [0.05, 0.1) is 0 Å². The summed E-state index contributed by atoms with van der Waals surface area (Å²) in [7, 11) is 3.87. The summed E-state index contributed by atoms with van der Waals surface area (Å²) in [6, 6.07) is 4.07. The van der Waals surface area contributed by atoms with E-state index in [4.69, 9.17) is 5.73 Å². The number of nitrogens with one attached hydrogen (secondary N) is 1. The van der Waals surface area contributed by atoms with E-state index in [1.807, 2.05) is 19.0 Å². The average Bonchev–Trinajstić information content (AvgIpc) is 2.27. The molecule has 18 heavy (non-hydrogen) atoms. The van der Waals surface area contributed by atoms with E-state index in [2.05, 4.69) is 5.32 Å². The fraction of sp³-hybridized carbons (Fsp3) is 0.462. The van der Waals surface area contributed by atoms with Crippen LogP contribution in [0.2, 0.25) is 0 Å². The third-order valence-corrected chi connectivity index (χ3v) is 2.72. The van der Waals surface area contributed by atoms with Crippen molar-refractivity contribution in [3.05, 3.63) is 35.1 Å². The van der Waals surface area contributed by atoms with E-state index in [-0.39, 0.29) is 5.82 Å². The van der Waals surface area contributed by atoms with Gasteiger partial charge in [-0.05, 0) is 38.2 Å². The molecule has 100 valence electrons. The van der Waals surface area contributed by atoms with Gasteiger partial charge in [0.25, 0.3) is 0 Å². The van der Waals surface area contributed by atoms with Crippen LogP contribution in [0.5, 0.6) is 0 Å². The summed E-state index contributed by atoms with van der Waals surface area (Å²) in [4.78, 5) is 13.4. The fourth-order valence-electron chi connectivity index (χ4n) is 1.60. The molecule has 3 N–H and O–H groups in total. The number of hydrogen-bond acceptors (Lipinski definition) is 3. The highest BCUT2D eigenvalue weighted by Gasteiger charge is 2.17. The first-order chi connectivity index (χ1) is 8.41. The summed E-state index contributed by atoms with van der Waals surface area (Å²) < 4.78 is 13.5. The van der Waals surface area contributed by atoms with Gasteiger partial charge in [-0.25, -0.2) is 4.39 Å². The second kappa shape index (κ2) is 6.47. The Balaban J connectivity index is 2.78. The van der Waals surface area contributed by atoms with Crippen molar-refractivity contribution in [1.29, 1.82) is 0 Å². The lowest BCUT2D eigenvalue weighted by molar-refractivity contribution is -0.120. The second-order valence-electron chi connectivity index (χ2n) is 4.60. The van der Waals surface area contributed by atoms with Crippen LogP contribution in [0.15, 0.2) is 18.2 Å². The smallest absolute Gasteiger partial charge is 0.239 e. The average molecular weight is 253 g/mol. The molecular formula is C13H20FN3O. The lowest BCUT2D eigenvalue weighted by Crippen LogP contribution is -2.37. The van der Waals surface area contributed by atoms with Gasteiger partial charge >= 0.3 is 0 Å². The van der Waals surface area contributed by atoms with Crippen LogP contribution in [0.3, 0.4) is 0 Å². The molecule has 0 fully saturated rings. The summed E-state index contributed by atoms with van der Waals surface area (Å²) in [5.74, 6) is -0.829. The number of nitrogens with two attached hydrogens (primary N) is 1. The number of primary amides is 1. The van der Waals surface area contributed by atoms with Crippen molar-refractivity contribution in [3.63, 3.8) is 0 Å². The highest BCUT2D eigenvalue weighted by Crippen LogP contribution is 2.16. The molecule has 0 aliphatic carbocycles. The minimum absolute atomic E-state index is 0.326. The van der Waals surface area contributed by atoms with Crippen LogP contribution >= 0.6 is 0 Å². The van der Waals surface area contributed by atoms with Crippen LogP contribution in [0.25, 0.3) is 0 Å². The van der Waals surface area contributed by atoms with Gasteiger partial charge in [0.1, 0.15) is 11.9 Å². The molecule has 0 aromatic heterocycles. The Morgan fingerprint density at radius 2 is 2.17 bits per heavy atom. The van der Waals surface area contributed by atoms with E-state index in [1.54, 1.807) is 19.1 Å². The van der Waals surface area contributed by atoms with E-state index in [0.717, 1.165) is 6.54 Å². The molecule has 1 aromatic rings. The Morgan fingerprint density at radius 3 is 2.67 bits per heavy atom. The molecule has 0 aliphatic rings. The maximum Gasteiger partial charge on any atom is 0.239 e. The minimum Gasteiger partial charge on any atom is -0.368 e. The standard InChI is InChI=1S/C13H20FN3O/c1-9-4-5-10(8-11(9)14)12(13(15)18)16-6-7-17(2)3/h4-5,8,12,16H,6-7H2,1-3H3,(H2,15,18). The molecule has 1 unspecified atom stereocenters. The van der Waals surface area contributed by atoms with Gasteiger partial charge in [0.2, 0.25) is 5.91 Å². The molecule has 1 rings (SSSR count). The Kier molecular flexibility index (Phi) is 5.25. The SMILES string of the molecule is Cc1ccc(C(NCCN(C)C)C(N)=O)cc1F. The third-order valence-electron chi connectivity index (χ3n) is 2.72. The quantitative estimate of drug-likeness (QED) is 0.789. The Morgan fingerprint density at radius 1 is 1.50 bits per heavy atom. The molecule has 4 nitrogen and oxygen atoms in total. The number of amides is 1. The Bertz CT molecular complexity index is 421. The van der Waals surface area contributed by atoms with E-state index >= 15 is 0 Å². The molecule has 0 radical (unpaired) electrons. The summed E-state index contributed by atoms with van der Waals surface area (Å²) in [6.07, 6.45) is 0. The van der Waals surface area contributed by atoms with Crippen molar-refractivity contribution < 1.29 is 9.18 Å². The first kappa shape index (κ1) is 14.6. The predicted octanol–water partition coefficient (Wildman–Crippen LogP) is 0.812. The topological polar surface area (TPSA) is 58.4 Å². The normalized spacial score (nSPS) is 12.7. The largest absolute Gasteiger partial charge is 0.368 e. The number of hydrogen-bond donors (Lipinski definition) is 2. The van der Waals surface area contributed by atoms with Crippen LogP contribution in [0, 0.1) is 12.7 Å². The summed E-state index contributed by atoms with van der Waals surface area (Å²) >= 11 is 0. The van der Waals surface area contributed by atoms with Crippen molar-refractivity contribution >= 4 is 5.91 Å². The lowest BCUT2D eigenvalue weighted by atomic mass is 10.0. The van der Waals surface area contributed by atoms with Gasteiger partial charge in [-0.2, -0.15) is 0 Å². The highest BCUT2D eigenvalue weighted by atomic mass is 19.1. The summed E-state index contributed by atoms with van der Waals surface area (Å²) in [5.41, 5.74) is 6.45. The predicted molar refractivity (Wildman–Crippen MR) is 69.6 cm³/mol. The summed E-state index contributed by atoms with van der Waals surface area (Å²) in [6.45, 7) is 3.06. The van der Waals surface area contributed by atoms with E-state index in [1.165, 1.54) is 6.07 Å². The number of likely N-dealkylation sites (N-methyl/N-ethyl adjacent to an activating group) is 1. The zero-order chi connectivity index (χ0) is 13.7. The molecular weight excluding hydrogens is 233 g/mol. The minimum atomic E-state index is -0.653. The number of benzene rings is 1. The van der Waals surface area contributed by atoms with Crippen molar-refractivity contribution in [3.8, 4) is 0 Å². The number of nitrogens with zero attached hydrogens (tertiary/aromatic N) is 1. The van der Waals surface area contributed by atoms with Gasteiger partial charge in [-0.15, -0.1) is 0 Å². The van der Waals surface area contributed by atoms with Crippen LogP contribution in [0.4, 0.5) is 4.39 Å². The molecule has 0 aliphatic heterocycles. The first-order valence-corrected chi connectivity index (χ1v) is 5.85. The molecule has 5 heteroatoms. The van der Waals surface area contributed by atoms with Gasteiger partial charge < -0.3 is 16.0 Å². The van der Waals surface area contributed by atoms with Gasteiger partial charge in [-0.1, -0.05) is 12.1 Å².